The summed E-state index contributed by atoms with van der Waals surface area (Å²) in [6, 6.07) is 12.6. The van der Waals surface area contributed by atoms with Gasteiger partial charge in [-0.05, 0) is 49.2 Å². The van der Waals surface area contributed by atoms with Crippen LogP contribution in [0.2, 0.25) is 5.02 Å². The fourth-order valence-corrected chi connectivity index (χ4v) is 3.21. The summed E-state index contributed by atoms with van der Waals surface area (Å²) in [5.41, 5.74) is 3.20. The number of anilines is 2. The Balaban J connectivity index is 1.54. The average Bonchev–Trinajstić information content (AvgIpc) is 3.04. The Labute approximate surface area is 168 Å². The Kier molecular flexibility index (Phi) is 5.99. The highest BCUT2D eigenvalue weighted by molar-refractivity contribution is 6.31. The normalized spacial score (nSPS) is 16.2. The number of ether oxygens (including phenoxy) is 1. The molecule has 1 aliphatic rings. The first kappa shape index (κ1) is 19.9. The van der Waals surface area contributed by atoms with E-state index < -0.39 is 24.4 Å². The number of amides is 2. The summed E-state index contributed by atoms with van der Waals surface area (Å²) in [6.07, 6.45) is 0.0455. The van der Waals surface area contributed by atoms with Crippen molar-refractivity contribution in [1.29, 1.82) is 0 Å². The molecule has 0 aromatic heterocycles. The van der Waals surface area contributed by atoms with Crippen LogP contribution in [0.25, 0.3) is 0 Å². The molecule has 1 N–H and O–H groups in total. The number of carbonyl (C=O) groups is 3. The molecule has 1 heterocycles. The molecule has 146 valence electrons. The Bertz CT molecular complexity index is 928. The predicted octanol–water partition coefficient (Wildman–Crippen LogP) is 3.49. The van der Waals surface area contributed by atoms with Gasteiger partial charge in [-0.3, -0.25) is 14.4 Å². The van der Waals surface area contributed by atoms with Crippen molar-refractivity contribution in [2.75, 3.05) is 23.4 Å². The molecule has 0 spiro atoms. The van der Waals surface area contributed by atoms with Gasteiger partial charge in [0.2, 0.25) is 5.91 Å². The number of rotatable bonds is 5. The fraction of sp³-hybridized carbons (Fsp3) is 0.286. The van der Waals surface area contributed by atoms with Gasteiger partial charge in [-0.15, -0.1) is 0 Å². The first-order valence-corrected chi connectivity index (χ1v) is 9.31. The lowest BCUT2D eigenvalue weighted by molar-refractivity contribution is -0.151. The zero-order chi connectivity index (χ0) is 20.3. The van der Waals surface area contributed by atoms with Crippen LogP contribution in [0.3, 0.4) is 0 Å². The maximum absolute atomic E-state index is 12.3. The minimum absolute atomic E-state index is 0.0455. The van der Waals surface area contributed by atoms with Crippen molar-refractivity contribution in [2.45, 2.75) is 20.3 Å². The van der Waals surface area contributed by atoms with Crippen LogP contribution < -0.4 is 10.2 Å². The van der Waals surface area contributed by atoms with Gasteiger partial charge in [-0.1, -0.05) is 29.8 Å². The number of hydrogen-bond acceptors (Lipinski definition) is 4. The molecule has 3 rings (SSSR count). The molecule has 7 heteroatoms. The molecular formula is C21H21ClN2O4. The van der Waals surface area contributed by atoms with Gasteiger partial charge in [-0.25, -0.2) is 0 Å². The number of esters is 1. The van der Waals surface area contributed by atoms with E-state index in [0.717, 1.165) is 11.1 Å². The van der Waals surface area contributed by atoms with E-state index in [4.69, 9.17) is 16.3 Å². The lowest BCUT2D eigenvalue weighted by atomic mass is 10.1. The number of nitrogens with one attached hydrogen (secondary N) is 1. The van der Waals surface area contributed by atoms with E-state index in [-0.39, 0.29) is 18.9 Å². The minimum Gasteiger partial charge on any atom is -0.455 e. The summed E-state index contributed by atoms with van der Waals surface area (Å²) < 4.78 is 5.11. The van der Waals surface area contributed by atoms with Gasteiger partial charge in [0.05, 0.1) is 5.92 Å². The molecule has 2 aromatic rings. The lowest BCUT2D eigenvalue weighted by Crippen LogP contribution is -2.28. The first-order chi connectivity index (χ1) is 13.3. The zero-order valence-corrected chi connectivity index (χ0v) is 16.5. The van der Waals surface area contributed by atoms with Gasteiger partial charge >= 0.3 is 5.97 Å². The van der Waals surface area contributed by atoms with Gasteiger partial charge in [0.15, 0.2) is 6.61 Å². The van der Waals surface area contributed by atoms with E-state index >= 15 is 0 Å². The molecule has 2 amide bonds. The SMILES string of the molecule is Cc1cccc(NC(=O)COC(=O)[C@@H]2CC(=O)N(c3ccc(C)c(Cl)c3)C2)c1. The summed E-state index contributed by atoms with van der Waals surface area (Å²) in [5.74, 6) is -1.77. The summed E-state index contributed by atoms with van der Waals surface area (Å²) in [7, 11) is 0. The van der Waals surface area contributed by atoms with Gasteiger partial charge in [0.25, 0.3) is 5.91 Å². The molecule has 0 unspecified atom stereocenters. The molecule has 0 saturated carbocycles. The lowest BCUT2D eigenvalue weighted by Gasteiger charge is -2.17. The Morgan fingerprint density at radius 3 is 2.71 bits per heavy atom. The van der Waals surface area contributed by atoms with Crippen molar-refractivity contribution in [1.82, 2.24) is 0 Å². The highest BCUT2D eigenvalue weighted by atomic mass is 35.5. The van der Waals surface area contributed by atoms with Crippen molar-refractivity contribution < 1.29 is 19.1 Å². The molecule has 0 aliphatic carbocycles. The third-order valence-corrected chi connectivity index (χ3v) is 4.98. The molecule has 0 bridgehead atoms. The maximum Gasteiger partial charge on any atom is 0.311 e. The van der Waals surface area contributed by atoms with Gasteiger partial charge in [-0.2, -0.15) is 0 Å². The van der Waals surface area contributed by atoms with Crippen LogP contribution in [0.1, 0.15) is 17.5 Å². The van der Waals surface area contributed by atoms with E-state index in [1.165, 1.54) is 4.90 Å². The van der Waals surface area contributed by atoms with Gasteiger partial charge in [0, 0.05) is 29.4 Å². The third kappa shape index (κ3) is 4.70. The Hall–Kier alpha value is -2.86. The van der Waals surface area contributed by atoms with Crippen LogP contribution >= 0.6 is 11.6 Å². The predicted molar refractivity (Wildman–Crippen MR) is 107 cm³/mol. The summed E-state index contributed by atoms with van der Waals surface area (Å²) in [5, 5.41) is 3.23. The van der Waals surface area contributed by atoms with E-state index in [0.29, 0.717) is 16.4 Å². The van der Waals surface area contributed by atoms with Crippen molar-refractivity contribution >= 4 is 40.8 Å². The largest absolute Gasteiger partial charge is 0.455 e. The van der Waals surface area contributed by atoms with Crippen LogP contribution in [0.15, 0.2) is 42.5 Å². The molecule has 0 radical (unpaired) electrons. The molecule has 1 aliphatic heterocycles. The molecule has 2 aromatic carbocycles. The first-order valence-electron chi connectivity index (χ1n) is 8.93. The van der Waals surface area contributed by atoms with Crippen LogP contribution in [-0.2, 0) is 19.1 Å². The number of aryl methyl sites for hydroxylation is 2. The highest BCUT2D eigenvalue weighted by Crippen LogP contribution is 2.29. The minimum atomic E-state index is -0.612. The molecule has 1 saturated heterocycles. The Morgan fingerprint density at radius 1 is 1.21 bits per heavy atom. The molecule has 6 nitrogen and oxygen atoms in total. The maximum atomic E-state index is 12.3. The van der Waals surface area contributed by atoms with Crippen LogP contribution in [0.5, 0.6) is 0 Å². The van der Waals surface area contributed by atoms with Crippen LogP contribution in [0.4, 0.5) is 11.4 Å². The third-order valence-electron chi connectivity index (χ3n) is 4.57. The summed E-state index contributed by atoms with van der Waals surface area (Å²) >= 11 is 6.13. The van der Waals surface area contributed by atoms with Crippen molar-refractivity contribution in [3.63, 3.8) is 0 Å². The van der Waals surface area contributed by atoms with E-state index in [1.807, 2.05) is 38.1 Å². The molecule has 28 heavy (non-hydrogen) atoms. The van der Waals surface area contributed by atoms with Crippen molar-refractivity contribution in [2.24, 2.45) is 5.92 Å². The molecule has 1 atom stereocenters. The van der Waals surface area contributed by atoms with Crippen LogP contribution in [0, 0.1) is 19.8 Å². The quantitative estimate of drug-likeness (QED) is 0.779. The number of nitrogens with zero attached hydrogens (tertiary/aromatic N) is 1. The number of halogens is 1. The molecular weight excluding hydrogens is 380 g/mol. The van der Waals surface area contributed by atoms with Crippen molar-refractivity contribution in [3.05, 3.63) is 58.6 Å². The van der Waals surface area contributed by atoms with Crippen molar-refractivity contribution in [3.8, 4) is 0 Å². The van der Waals surface area contributed by atoms with E-state index in [9.17, 15) is 14.4 Å². The second-order valence-corrected chi connectivity index (χ2v) is 7.27. The fourth-order valence-electron chi connectivity index (χ4n) is 3.04. The van der Waals surface area contributed by atoms with E-state index in [1.54, 1.807) is 18.2 Å². The summed E-state index contributed by atoms with van der Waals surface area (Å²) in [4.78, 5) is 38.1. The number of hydrogen-bond donors (Lipinski definition) is 1. The monoisotopic (exact) mass is 400 g/mol. The van der Waals surface area contributed by atoms with Crippen LogP contribution in [-0.4, -0.2) is 30.9 Å². The molecule has 1 fully saturated rings. The standard InChI is InChI=1S/C21H21ClN2O4/c1-13-4-3-5-16(8-13)23-19(25)12-28-21(27)15-9-20(26)24(11-15)17-7-6-14(2)18(22)10-17/h3-8,10,15H,9,11-12H2,1-2H3,(H,23,25)/t15-/m1/s1. The van der Waals surface area contributed by atoms with Gasteiger partial charge in [0.1, 0.15) is 0 Å². The van der Waals surface area contributed by atoms with E-state index in [2.05, 4.69) is 5.32 Å². The summed E-state index contributed by atoms with van der Waals surface area (Å²) in [6.45, 7) is 3.60. The van der Waals surface area contributed by atoms with Gasteiger partial charge < -0.3 is 15.0 Å². The smallest absolute Gasteiger partial charge is 0.311 e. The average molecular weight is 401 g/mol. The Morgan fingerprint density at radius 2 is 2.00 bits per heavy atom. The number of carbonyl (C=O) groups excluding carboxylic acids is 3. The zero-order valence-electron chi connectivity index (χ0n) is 15.7. The number of benzene rings is 2. The second-order valence-electron chi connectivity index (χ2n) is 6.86. The topological polar surface area (TPSA) is 75.7 Å². The second kappa shape index (κ2) is 8.44. The highest BCUT2D eigenvalue weighted by Gasteiger charge is 2.36.